The molecule has 9 nitrogen and oxygen atoms in total. The van der Waals surface area contributed by atoms with Crippen molar-refractivity contribution in [2.24, 2.45) is 0 Å². The quantitative estimate of drug-likeness (QED) is 0.226. The number of hydrogen-bond donors (Lipinski definition) is 2. The van der Waals surface area contributed by atoms with Crippen molar-refractivity contribution >= 4 is 17.8 Å². The molecule has 0 unspecified atom stereocenters. The molecule has 4 aromatic rings. The minimum atomic E-state index is -1.01. The second kappa shape index (κ2) is 14.8. The summed E-state index contributed by atoms with van der Waals surface area (Å²) in [6.07, 6.45) is 0.728. The number of carbonyl (C=O) groups excluding carboxylic acids is 2. The van der Waals surface area contributed by atoms with Gasteiger partial charge in [-0.1, -0.05) is 72.8 Å². The van der Waals surface area contributed by atoms with E-state index in [0.717, 1.165) is 16.7 Å². The Morgan fingerprint density at radius 2 is 1.46 bits per heavy atom. The van der Waals surface area contributed by atoms with Crippen LogP contribution in [0.3, 0.4) is 0 Å². The smallest absolute Gasteiger partial charge is 0.305 e. The molecule has 1 aliphatic rings. The van der Waals surface area contributed by atoms with Crippen molar-refractivity contribution in [3.05, 3.63) is 119 Å². The lowest BCUT2D eigenvalue weighted by Crippen LogP contribution is -2.46. The number of amides is 2. The number of carboxylic acid groups (broad SMARTS) is 1. The number of ether oxygens (including phenoxy) is 2. The van der Waals surface area contributed by atoms with Gasteiger partial charge in [-0.15, -0.1) is 0 Å². The van der Waals surface area contributed by atoms with Crippen LogP contribution in [-0.2, 0) is 24.2 Å². The van der Waals surface area contributed by atoms with Gasteiger partial charge in [-0.3, -0.25) is 14.4 Å². The van der Waals surface area contributed by atoms with Crippen LogP contribution in [0.1, 0.15) is 43.8 Å². The summed E-state index contributed by atoms with van der Waals surface area (Å²) < 4.78 is 11.0. The van der Waals surface area contributed by atoms with Crippen molar-refractivity contribution in [3.8, 4) is 22.6 Å². The number of fused-ring (bicyclic) bond motifs is 1. The van der Waals surface area contributed by atoms with Crippen molar-refractivity contribution in [1.29, 1.82) is 0 Å². The SMILES string of the molecule is COc1cccc(CCN(CCC(=O)O)C(=O)c2ccccc2-c2ccccc2C(=O)N2Cc3ccccc3C[C@H]2CO)c1OC. The van der Waals surface area contributed by atoms with Gasteiger partial charge in [0.2, 0.25) is 0 Å². The fourth-order valence-electron chi connectivity index (χ4n) is 6.07. The largest absolute Gasteiger partial charge is 0.493 e. The molecule has 2 amide bonds. The molecule has 2 N–H and O–H groups in total. The normalized spacial score (nSPS) is 13.9. The number of para-hydroxylation sites is 1. The Balaban J connectivity index is 1.47. The van der Waals surface area contributed by atoms with E-state index < -0.39 is 5.97 Å². The standard InChI is InChI=1S/C37H38N2O7/c1-45-33-17-9-12-25(35(33)46-2)18-20-38(21-19-34(41)42)36(43)31-15-7-5-13-29(31)30-14-6-8-16-32(30)37(44)39-23-27-11-4-3-10-26(27)22-28(39)24-40/h3-17,28,40H,18-24H2,1-2H3,(H,41,42)/t28-/m0/s1. The Labute approximate surface area is 268 Å². The zero-order valence-electron chi connectivity index (χ0n) is 26.0. The first-order valence-corrected chi connectivity index (χ1v) is 15.2. The molecule has 0 radical (unpaired) electrons. The third-order valence-electron chi connectivity index (χ3n) is 8.45. The molecule has 0 spiro atoms. The van der Waals surface area contributed by atoms with E-state index in [1.165, 1.54) is 4.90 Å². The molecule has 5 rings (SSSR count). The van der Waals surface area contributed by atoms with Crippen LogP contribution in [0.2, 0.25) is 0 Å². The van der Waals surface area contributed by atoms with Crippen molar-refractivity contribution < 1.29 is 34.1 Å². The van der Waals surface area contributed by atoms with E-state index in [-0.39, 0.29) is 44.0 Å². The third-order valence-corrected chi connectivity index (χ3v) is 8.45. The predicted octanol–water partition coefficient (Wildman–Crippen LogP) is 5.09. The molecule has 4 aromatic carbocycles. The summed E-state index contributed by atoms with van der Waals surface area (Å²) in [4.78, 5) is 43.2. The number of methoxy groups -OCH3 is 2. The molecule has 0 aliphatic carbocycles. The van der Waals surface area contributed by atoms with E-state index in [2.05, 4.69) is 0 Å². The van der Waals surface area contributed by atoms with Crippen LogP contribution in [0.15, 0.2) is 91.0 Å². The van der Waals surface area contributed by atoms with Crippen LogP contribution in [0, 0.1) is 0 Å². The van der Waals surface area contributed by atoms with Crippen LogP contribution < -0.4 is 9.47 Å². The predicted molar refractivity (Wildman–Crippen MR) is 174 cm³/mol. The van der Waals surface area contributed by atoms with Gasteiger partial charge in [-0.05, 0) is 58.9 Å². The summed E-state index contributed by atoms with van der Waals surface area (Å²) in [5.74, 6) is -0.469. The highest BCUT2D eigenvalue weighted by molar-refractivity contribution is 6.06. The number of aliphatic hydroxyl groups excluding tert-OH is 1. The number of nitrogens with zero attached hydrogens (tertiary/aromatic N) is 2. The van der Waals surface area contributed by atoms with E-state index in [1.807, 2.05) is 54.6 Å². The van der Waals surface area contributed by atoms with Crippen LogP contribution >= 0.6 is 0 Å². The summed E-state index contributed by atoms with van der Waals surface area (Å²) >= 11 is 0. The second-order valence-electron chi connectivity index (χ2n) is 11.2. The molecule has 0 saturated heterocycles. The number of benzene rings is 4. The number of aliphatic carboxylic acids is 1. The van der Waals surface area contributed by atoms with Crippen LogP contribution in [-0.4, -0.2) is 77.8 Å². The maximum absolute atomic E-state index is 14.2. The van der Waals surface area contributed by atoms with Crippen LogP contribution in [0.25, 0.3) is 11.1 Å². The number of carbonyl (C=O) groups is 3. The Hall–Kier alpha value is -5.15. The summed E-state index contributed by atoms with van der Waals surface area (Å²) in [6.45, 7) is 0.427. The van der Waals surface area contributed by atoms with E-state index in [9.17, 15) is 24.6 Å². The molecular formula is C37H38N2O7. The van der Waals surface area contributed by atoms with Gasteiger partial charge in [0.25, 0.3) is 11.8 Å². The van der Waals surface area contributed by atoms with E-state index in [0.29, 0.717) is 53.1 Å². The molecular weight excluding hydrogens is 584 g/mol. The highest BCUT2D eigenvalue weighted by atomic mass is 16.5. The number of carboxylic acids is 1. The lowest BCUT2D eigenvalue weighted by atomic mass is 9.91. The topological polar surface area (TPSA) is 117 Å². The summed E-state index contributed by atoms with van der Waals surface area (Å²) in [7, 11) is 3.10. The molecule has 1 heterocycles. The summed E-state index contributed by atoms with van der Waals surface area (Å²) in [5, 5.41) is 19.7. The van der Waals surface area contributed by atoms with Crippen molar-refractivity contribution in [1.82, 2.24) is 9.80 Å². The maximum Gasteiger partial charge on any atom is 0.305 e. The van der Waals surface area contributed by atoms with Gasteiger partial charge in [-0.2, -0.15) is 0 Å². The first kappa shape index (κ1) is 32.2. The lowest BCUT2D eigenvalue weighted by molar-refractivity contribution is -0.137. The monoisotopic (exact) mass is 622 g/mol. The third kappa shape index (κ3) is 6.89. The Morgan fingerprint density at radius 1 is 0.804 bits per heavy atom. The molecule has 46 heavy (non-hydrogen) atoms. The molecule has 0 aromatic heterocycles. The Morgan fingerprint density at radius 3 is 2.13 bits per heavy atom. The van der Waals surface area contributed by atoms with Gasteiger partial charge in [0, 0.05) is 30.8 Å². The van der Waals surface area contributed by atoms with Gasteiger partial charge in [0.15, 0.2) is 11.5 Å². The average molecular weight is 623 g/mol. The van der Waals surface area contributed by atoms with Crippen molar-refractivity contribution in [3.63, 3.8) is 0 Å². The van der Waals surface area contributed by atoms with E-state index in [1.54, 1.807) is 55.5 Å². The molecule has 0 saturated carbocycles. The van der Waals surface area contributed by atoms with Gasteiger partial charge in [0.1, 0.15) is 0 Å². The lowest BCUT2D eigenvalue weighted by Gasteiger charge is -2.36. The zero-order chi connectivity index (χ0) is 32.6. The fourth-order valence-corrected chi connectivity index (χ4v) is 6.07. The highest BCUT2D eigenvalue weighted by Gasteiger charge is 2.32. The van der Waals surface area contributed by atoms with E-state index in [4.69, 9.17) is 9.47 Å². The van der Waals surface area contributed by atoms with Crippen LogP contribution in [0.4, 0.5) is 0 Å². The Kier molecular flexibility index (Phi) is 10.3. The Bertz CT molecular complexity index is 1720. The van der Waals surface area contributed by atoms with Gasteiger partial charge in [0.05, 0.1) is 33.3 Å². The second-order valence-corrected chi connectivity index (χ2v) is 11.2. The first-order valence-electron chi connectivity index (χ1n) is 15.2. The van der Waals surface area contributed by atoms with Crippen LogP contribution in [0.5, 0.6) is 11.5 Å². The van der Waals surface area contributed by atoms with Gasteiger partial charge < -0.3 is 29.5 Å². The minimum absolute atomic E-state index is 0.000723. The molecule has 1 aliphatic heterocycles. The fraction of sp³-hybridized carbons (Fsp3) is 0.270. The van der Waals surface area contributed by atoms with Crippen molar-refractivity contribution in [2.75, 3.05) is 33.9 Å². The van der Waals surface area contributed by atoms with E-state index >= 15 is 0 Å². The number of aliphatic hydroxyl groups is 1. The summed E-state index contributed by atoms with van der Waals surface area (Å²) in [6, 6.07) is 27.3. The van der Waals surface area contributed by atoms with Gasteiger partial charge >= 0.3 is 5.97 Å². The molecule has 1 atom stereocenters. The summed E-state index contributed by atoms with van der Waals surface area (Å²) in [5.41, 5.74) is 4.89. The minimum Gasteiger partial charge on any atom is -0.493 e. The zero-order valence-corrected chi connectivity index (χ0v) is 26.0. The first-order chi connectivity index (χ1) is 22.4. The molecule has 0 fully saturated rings. The average Bonchev–Trinajstić information content (AvgIpc) is 3.10. The number of rotatable bonds is 12. The molecule has 238 valence electrons. The highest BCUT2D eigenvalue weighted by Crippen LogP contribution is 2.33. The number of hydrogen-bond acceptors (Lipinski definition) is 6. The van der Waals surface area contributed by atoms with Gasteiger partial charge in [-0.25, -0.2) is 0 Å². The maximum atomic E-state index is 14.2. The van der Waals surface area contributed by atoms with Crippen molar-refractivity contribution in [2.45, 2.75) is 31.8 Å². The molecule has 0 bridgehead atoms. The molecule has 9 heteroatoms.